The minimum atomic E-state index is -0.281. The Morgan fingerprint density at radius 1 is 1.17 bits per heavy atom. The van der Waals surface area contributed by atoms with Crippen molar-refractivity contribution in [3.63, 3.8) is 0 Å². The number of anilines is 1. The second kappa shape index (κ2) is 9.75. The van der Waals surface area contributed by atoms with Gasteiger partial charge in [0.2, 0.25) is 11.8 Å². The molecule has 0 radical (unpaired) electrons. The molecule has 1 aliphatic rings. The zero-order chi connectivity index (χ0) is 21.7. The quantitative estimate of drug-likeness (QED) is 0.749. The molecule has 1 aliphatic heterocycles. The van der Waals surface area contributed by atoms with Crippen LogP contribution in [0.3, 0.4) is 0 Å². The SMILES string of the molecule is CCOc1ccc(NC(=O)C(C)N2CCN(C(=O)Cc3c(C)noc3C)CC2)cc1. The third-order valence-electron chi connectivity index (χ3n) is 5.54. The molecule has 0 aliphatic carbocycles. The Kier molecular flexibility index (Phi) is 7.10. The van der Waals surface area contributed by atoms with E-state index < -0.39 is 0 Å². The number of hydrogen-bond acceptors (Lipinski definition) is 6. The molecule has 0 spiro atoms. The third kappa shape index (κ3) is 5.18. The van der Waals surface area contributed by atoms with Crippen LogP contribution in [0.15, 0.2) is 28.8 Å². The molecule has 162 valence electrons. The number of aromatic nitrogens is 1. The minimum Gasteiger partial charge on any atom is -0.494 e. The van der Waals surface area contributed by atoms with Gasteiger partial charge in [0.25, 0.3) is 0 Å². The number of carbonyl (C=O) groups excluding carboxylic acids is 2. The Labute approximate surface area is 177 Å². The molecule has 1 saturated heterocycles. The number of hydrogen-bond donors (Lipinski definition) is 1. The van der Waals surface area contributed by atoms with Crippen LogP contribution in [0.5, 0.6) is 5.75 Å². The number of nitrogens with one attached hydrogen (secondary N) is 1. The topological polar surface area (TPSA) is 87.9 Å². The molecule has 30 heavy (non-hydrogen) atoms. The van der Waals surface area contributed by atoms with Gasteiger partial charge in [-0.1, -0.05) is 5.16 Å². The van der Waals surface area contributed by atoms with Crippen molar-refractivity contribution in [1.82, 2.24) is 15.0 Å². The lowest BCUT2D eigenvalue weighted by Gasteiger charge is -2.37. The van der Waals surface area contributed by atoms with Crippen molar-refractivity contribution < 1.29 is 18.8 Å². The van der Waals surface area contributed by atoms with Crippen LogP contribution < -0.4 is 10.1 Å². The summed E-state index contributed by atoms with van der Waals surface area (Å²) in [6.45, 7) is 10.6. The molecule has 1 unspecified atom stereocenters. The highest BCUT2D eigenvalue weighted by Crippen LogP contribution is 2.18. The van der Waals surface area contributed by atoms with E-state index in [1.807, 2.05) is 56.9 Å². The van der Waals surface area contributed by atoms with Gasteiger partial charge in [0, 0.05) is 37.4 Å². The number of nitrogens with zero attached hydrogens (tertiary/aromatic N) is 3. The Morgan fingerprint density at radius 2 is 1.83 bits per heavy atom. The first kappa shape index (κ1) is 21.8. The molecule has 1 aromatic heterocycles. The van der Waals surface area contributed by atoms with Crippen molar-refractivity contribution in [1.29, 1.82) is 0 Å². The van der Waals surface area contributed by atoms with E-state index in [9.17, 15) is 9.59 Å². The van der Waals surface area contributed by atoms with E-state index in [2.05, 4.69) is 15.4 Å². The number of aryl methyl sites for hydroxylation is 2. The molecular weight excluding hydrogens is 384 g/mol. The van der Waals surface area contributed by atoms with E-state index in [-0.39, 0.29) is 17.9 Å². The monoisotopic (exact) mass is 414 g/mol. The summed E-state index contributed by atoms with van der Waals surface area (Å²) in [5.74, 6) is 1.48. The molecule has 1 fully saturated rings. The van der Waals surface area contributed by atoms with Gasteiger partial charge in [0.15, 0.2) is 0 Å². The summed E-state index contributed by atoms with van der Waals surface area (Å²) in [6.07, 6.45) is 0.301. The van der Waals surface area contributed by atoms with Gasteiger partial charge in [-0.15, -0.1) is 0 Å². The molecule has 0 saturated carbocycles. The molecular formula is C22H30N4O4. The van der Waals surface area contributed by atoms with E-state index >= 15 is 0 Å². The average molecular weight is 415 g/mol. The van der Waals surface area contributed by atoms with Gasteiger partial charge >= 0.3 is 0 Å². The molecule has 2 amide bonds. The Balaban J connectivity index is 1.48. The predicted octanol–water partition coefficient (Wildman–Crippen LogP) is 2.40. The third-order valence-corrected chi connectivity index (χ3v) is 5.54. The highest BCUT2D eigenvalue weighted by atomic mass is 16.5. The maximum atomic E-state index is 12.6. The normalized spacial score (nSPS) is 15.7. The van der Waals surface area contributed by atoms with Crippen LogP contribution in [0.4, 0.5) is 5.69 Å². The van der Waals surface area contributed by atoms with Crippen molar-refractivity contribution >= 4 is 17.5 Å². The van der Waals surface area contributed by atoms with Crippen LogP contribution in [0.2, 0.25) is 0 Å². The highest BCUT2D eigenvalue weighted by Gasteiger charge is 2.28. The van der Waals surface area contributed by atoms with Gasteiger partial charge in [-0.25, -0.2) is 0 Å². The fourth-order valence-corrected chi connectivity index (χ4v) is 3.59. The van der Waals surface area contributed by atoms with Crippen molar-refractivity contribution in [2.24, 2.45) is 0 Å². The van der Waals surface area contributed by atoms with E-state index in [1.165, 1.54) is 0 Å². The first-order chi connectivity index (χ1) is 14.4. The summed E-state index contributed by atoms with van der Waals surface area (Å²) in [6, 6.07) is 7.07. The highest BCUT2D eigenvalue weighted by molar-refractivity contribution is 5.94. The van der Waals surface area contributed by atoms with E-state index in [0.29, 0.717) is 45.0 Å². The lowest BCUT2D eigenvalue weighted by molar-refractivity contribution is -0.133. The summed E-state index contributed by atoms with van der Waals surface area (Å²) in [5, 5.41) is 6.86. The van der Waals surface area contributed by atoms with Crippen LogP contribution in [0.25, 0.3) is 0 Å². The van der Waals surface area contributed by atoms with Gasteiger partial charge in [-0.2, -0.15) is 0 Å². The first-order valence-corrected chi connectivity index (χ1v) is 10.4. The molecule has 1 atom stereocenters. The largest absolute Gasteiger partial charge is 0.494 e. The molecule has 8 nitrogen and oxygen atoms in total. The molecule has 3 rings (SSSR count). The van der Waals surface area contributed by atoms with Crippen molar-refractivity contribution in [2.75, 3.05) is 38.1 Å². The van der Waals surface area contributed by atoms with E-state index in [1.54, 1.807) is 0 Å². The predicted molar refractivity (Wildman–Crippen MR) is 114 cm³/mol. The number of piperazine rings is 1. The number of ether oxygens (including phenoxy) is 1. The molecule has 1 N–H and O–H groups in total. The summed E-state index contributed by atoms with van der Waals surface area (Å²) < 4.78 is 10.6. The van der Waals surface area contributed by atoms with Gasteiger partial charge in [0.1, 0.15) is 11.5 Å². The fraction of sp³-hybridized carbons (Fsp3) is 0.500. The second-order valence-electron chi connectivity index (χ2n) is 7.52. The Hall–Kier alpha value is -2.87. The van der Waals surface area contributed by atoms with Crippen LogP contribution in [0.1, 0.15) is 30.9 Å². The molecule has 0 bridgehead atoms. The average Bonchev–Trinajstić information content (AvgIpc) is 3.07. The smallest absolute Gasteiger partial charge is 0.241 e. The van der Waals surface area contributed by atoms with Crippen LogP contribution in [-0.4, -0.2) is 65.6 Å². The zero-order valence-corrected chi connectivity index (χ0v) is 18.1. The molecule has 2 aromatic rings. The van der Waals surface area contributed by atoms with E-state index in [0.717, 1.165) is 22.7 Å². The maximum absolute atomic E-state index is 12.6. The number of amides is 2. The summed E-state index contributed by atoms with van der Waals surface area (Å²) in [4.78, 5) is 29.2. The summed E-state index contributed by atoms with van der Waals surface area (Å²) in [5.41, 5.74) is 2.37. The van der Waals surface area contributed by atoms with Crippen molar-refractivity contribution in [3.8, 4) is 5.75 Å². The first-order valence-electron chi connectivity index (χ1n) is 10.4. The summed E-state index contributed by atoms with van der Waals surface area (Å²) >= 11 is 0. The van der Waals surface area contributed by atoms with Crippen molar-refractivity contribution in [3.05, 3.63) is 41.3 Å². The molecule has 8 heteroatoms. The van der Waals surface area contributed by atoms with Crippen LogP contribution >= 0.6 is 0 Å². The minimum absolute atomic E-state index is 0.0605. The second-order valence-corrected chi connectivity index (χ2v) is 7.52. The molecule has 1 aromatic carbocycles. The van der Waals surface area contributed by atoms with Gasteiger partial charge < -0.3 is 19.5 Å². The standard InChI is InChI=1S/C22H30N4O4/c1-5-29-19-8-6-18(7-9-19)23-22(28)16(3)25-10-12-26(13-11-25)21(27)14-20-15(2)24-30-17(20)4/h6-9,16H,5,10-14H2,1-4H3,(H,23,28). The maximum Gasteiger partial charge on any atom is 0.241 e. The lowest BCUT2D eigenvalue weighted by Crippen LogP contribution is -2.54. The van der Waals surface area contributed by atoms with E-state index in [4.69, 9.17) is 9.26 Å². The lowest BCUT2D eigenvalue weighted by atomic mass is 10.1. The van der Waals surface area contributed by atoms with Gasteiger partial charge in [-0.3, -0.25) is 14.5 Å². The Bertz CT molecular complexity index is 850. The molecule has 2 heterocycles. The fourth-order valence-electron chi connectivity index (χ4n) is 3.59. The van der Waals surface area contributed by atoms with Crippen LogP contribution in [-0.2, 0) is 16.0 Å². The number of rotatable bonds is 7. The number of carbonyl (C=O) groups is 2. The zero-order valence-electron chi connectivity index (χ0n) is 18.1. The number of benzene rings is 1. The van der Waals surface area contributed by atoms with Crippen LogP contribution in [0, 0.1) is 13.8 Å². The van der Waals surface area contributed by atoms with Crippen molar-refractivity contribution in [2.45, 2.75) is 40.2 Å². The van der Waals surface area contributed by atoms with Gasteiger partial charge in [-0.05, 0) is 52.0 Å². The Morgan fingerprint density at radius 3 is 2.40 bits per heavy atom. The van der Waals surface area contributed by atoms with Gasteiger partial charge in [0.05, 0.1) is 24.8 Å². The summed E-state index contributed by atoms with van der Waals surface area (Å²) in [7, 11) is 0.